The molecule has 2 amide bonds. The fourth-order valence-electron chi connectivity index (χ4n) is 4.55. The van der Waals surface area contributed by atoms with Crippen LogP contribution in [-0.2, 0) is 14.3 Å². The van der Waals surface area contributed by atoms with Crippen LogP contribution in [0.3, 0.4) is 0 Å². The van der Waals surface area contributed by atoms with Crippen LogP contribution in [-0.4, -0.2) is 83.1 Å². The molecule has 36 heavy (non-hydrogen) atoms. The molecule has 2 fully saturated rings. The summed E-state index contributed by atoms with van der Waals surface area (Å²) < 4.78 is 26.7. The third-order valence-electron chi connectivity index (χ3n) is 6.17. The number of nitriles is 1. The number of morpholine rings is 1. The zero-order valence-corrected chi connectivity index (χ0v) is 21.0. The highest BCUT2D eigenvalue weighted by Gasteiger charge is 2.47. The molecule has 0 spiro atoms. The summed E-state index contributed by atoms with van der Waals surface area (Å²) in [5, 5.41) is 12.8. The maximum Gasteiger partial charge on any atom is 0.410 e. The highest BCUT2D eigenvalue weighted by atomic mass is 19.1. The first-order chi connectivity index (χ1) is 17.0. The van der Waals surface area contributed by atoms with Crippen molar-refractivity contribution in [1.82, 2.24) is 20.2 Å². The number of hydrogen-bond donors (Lipinski definition) is 1. The van der Waals surface area contributed by atoms with Crippen LogP contribution in [0.5, 0.6) is 0 Å². The summed E-state index contributed by atoms with van der Waals surface area (Å²) in [5.74, 6) is -0.767. The van der Waals surface area contributed by atoms with Gasteiger partial charge in [0.15, 0.2) is 5.69 Å². The highest BCUT2D eigenvalue weighted by molar-refractivity contribution is 5.93. The Morgan fingerprint density at radius 3 is 2.86 bits per heavy atom. The van der Waals surface area contributed by atoms with Crippen molar-refractivity contribution in [2.45, 2.75) is 57.6 Å². The maximum atomic E-state index is 15.4. The molecule has 2 aromatic rings. The number of ether oxygens (including phenoxy) is 2. The van der Waals surface area contributed by atoms with E-state index in [-0.39, 0.29) is 37.9 Å². The van der Waals surface area contributed by atoms with Crippen LogP contribution in [0.4, 0.5) is 14.9 Å². The van der Waals surface area contributed by atoms with Crippen molar-refractivity contribution >= 4 is 28.6 Å². The number of halogens is 1. The molecule has 10 nitrogen and oxygen atoms in total. The number of likely N-dealkylation sites (tertiary alicyclic amines) is 1. The summed E-state index contributed by atoms with van der Waals surface area (Å²) in [4.78, 5) is 36.9. The van der Waals surface area contributed by atoms with Crippen LogP contribution in [0.15, 0.2) is 24.5 Å². The fourth-order valence-corrected chi connectivity index (χ4v) is 4.55. The molecule has 1 unspecified atom stereocenters. The van der Waals surface area contributed by atoms with Crippen LogP contribution in [0.2, 0.25) is 0 Å². The minimum atomic E-state index is -2.18. The second-order valence-electron chi connectivity index (χ2n) is 10.3. The van der Waals surface area contributed by atoms with Crippen molar-refractivity contribution in [1.29, 1.82) is 5.26 Å². The molecule has 0 aliphatic carbocycles. The number of nitrogens with zero attached hydrogens (tertiary/aromatic N) is 5. The Kier molecular flexibility index (Phi) is 7.00. The molecular weight excluding hydrogens is 467 g/mol. The standard InChI is InChI=1S/C25H31FN6O4/c1-16-13-32(20-12-29-19(10-27)21-18(20)6-5-8-28-21)14-17(35-16)11-30-22(33)25(26)7-9-31(15-25)23(34)36-24(2,3)4/h5-6,8,12,16-17H,7,9,11,13-15H2,1-4H3,(H,30,33)/t16-,17+,25?/m1/s1. The van der Waals surface area contributed by atoms with Gasteiger partial charge in [-0.1, -0.05) is 0 Å². The highest BCUT2D eigenvalue weighted by Crippen LogP contribution is 2.30. The van der Waals surface area contributed by atoms with Gasteiger partial charge in [0.05, 0.1) is 30.6 Å². The van der Waals surface area contributed by atoms with Crippen molar-refractivity contribution in [2.24, 2.45) is 0 Å². The summed E-state index contributed by atoms with van der Waals surface area (Å²) in [5.41, 5.74) is -1.29. The molecule has 192 valence electrons. The van der Waals surface area contributed by atoms with E-state index in [0.29, 0.717) is 18.6 Å². The number of aromatic nitrogens is 2. The van der Waals surface area contributed by atoms with Gasteiger partial charge in [0.25, 0.3) is 5.91 Å². The molecule has 2 aliphatic heterocycles. The SMILES string of the molecule is C[C@@H]1CN(c2cnc(C#N)c3ncccc23)C[C@H](CNC(=O)C2(F)CCN(C(=O)OC(C)(C)C)C2)O1. The number of carbonyl (C=O) groups is 2. The minimum Gasteiger partial charge on any atom is -0.444 e. The molecule has 0 radical (unpaired) electrons. The zero-order valence-electron chi connectivity index (χ0n) is 21.0. The predicted molar refractivity (Wildman–Crippen MR) is 130 cm³/mol. The molecule has 1 N–H and O–H groups in total. The van der Waals surface area contributed by atoms with Crippen molar-refractivity contribution in [3.05, 3.63) is 30.2 Å². The van der Waals surface area contributed by atoms with Gasteiger partial charge in [-0.15, -0.1) is 0 Å². The lowest BCUT2D eigenvalue weighted by atomic mass is 10.0. The van der Waals surface area contributed by atoms with Gasteiger partial charge in [-0.2, -0.15) is 5.26 Å². The van der Waals surface area contributed by atoms with E-state index in [1.807, 2.05) is 13.0 Å². The van der Waals surface area contributed by atoms with Gasteiger partial charge in [0.1, 0.15) is 17.2 Å². The Hall–Kier alpha value is -3.52. The Balaban J connectivity index is 1.40. The molecule has 11 heteroatoms. The number of amides is 2. The average molecular weight is 499 g/mol. The van der Waals surface area contributed by atoms with Gasteiger partial charge in [-0.3, -0.25) is 9.78 Å². The predicted octanol–water partition coefficient (Wildman–Crippen LogP) is 2.56. The molecule has 0 bridgehead atoms. The Bertz CT molecular complexity index is 1200. The van der Waals surface area contributed by atoms with E-state index in [4.69, 9.17) is 9.47 Å². The lowest BCUT2D eigenvalue weighted by molar-refractivity contribution is -0.133. The third-order valence-corrected chi connectivity index (χ3v) is 6.17. The topological polar surface area (TPSA) is 121 Å². The van der Waals surface area contributed by atoms with Crippen LogP contribution in [0.1, 0.15) is 39.8 Å². The van der Waals surface area contributed by atoms with E-state index >= 15 is 4.39 Å². The monoisotopic (exact) mass is 498 g/mol. The Morgan fingerprint density at radius 2 is 2.14 bits per heavy atom. The molecule has 0 saturated carbocycles. The summed E-state index contributed by atoms with van der Waals surface area (Å²) >= 11 is 0. The summed E-state index contributed by atoms with van der Waals surface area (Å²) in [6, 6.07) is 5.76. The maximum absolute atomic E-state index is 15.4. The van der Waals surface area contributed by atoms with Gasteiger partial charge in [0, 0.05) is 44.2 Å². The first kappa shape index (κ1) is 25.6. The third kappa shape index (κ3) is 5.49. The van der Waals surface area contributed by atoms with E-state index in [1.54, 1.807) is 39.2 Å². The lowest BCUT2D eigenvalue weighted by Gasteiger charge is -2.38. The van der Waals surface area contributed by atoms with Gasteiger partial charge in [-0.25, -0.2) is 14.2 Å². The normalized spacial score (nSPS) is 24.4. The first-order valence-electron chi connectivity index (χ1n) is 12.0. The molecular formula is C25H31FN6O4. The van der Waals surface area contributed by atoms with Crippen molar-refractivity contribution in [3.8, 4) is 6.07 Å². The van der Waals surface area contributed by atoms with E-state index in [2.05, 4.69) is 26.3 Å². The summed E-state index contributed by atoms with van der Waals surface area (Å²) in [7, 11) is 0. The van der Waals surface area contributed by atoms with Gasteiger partial charge >= 0.3 is 6.09 Å². The molecule has 4 heterocycles. The van der Waals surface area contributed by atoms with Crippen LogP contribution in [0.25, 0.3) is 10.9 Å². The van der Waals surface area contributed by atoms with Crippen LogP contribution >= 0.6 is 0 Å². The smallest absolute Gasteiger partial charge is 0.410 e. The van der Waals surface area contributed by atoms with E-state index in [1.165, 1.54) is 4.90 Å². The van der Waals surface area contributed by atoms with Crippen LogP contribution < -0.4 is 10.2 Å². The largest absolute Gasteiger partial charge is 0.444 e. The number of anilines is 1. The molecule has 2 saturated heterocycles. The van der Waals surface area contributed by atoms with Crippen molar-refractivity contribution < 1.29 is 23.5 Å². The quantitative estimate of drug-likeness (QED) is 0.683. The molecule has 3 atom stereocenters. The van der Waals surface area contributed by atoms with Gasteiger partial charge in [0.2, 0.25) is 5.67 Å². The fraction of sp³-hybridized carbons (Fsp3) is 0.560. The van der Waals surface area contributed by atoms with Gasteiger partial charge < -0.3 is 24.6 Å². The minimum absolute atomic E-state index is 0.0952. The Morgan fingerprint density at radius 1 is 1.36 bits per heavy atom. The Labute approximate surface area is 209 Å². The first-order valence-corrected chi connectivity index (χ1v) is 12.0. The van der Waals surface area contributed by atoms with Crippen molar-refractivity contribution in [3.63, 3.8) is 0 Å². The molecule has 4 rings (SSSR count). The number of pyridine rings is 2. The second-order valence-corrected chi connectivity index (χ2v) is 10.3. The van der Waals surface area contributed by atoms with E-state index in [9.17, 15) is 14.9 Å². The second kappa shape index (κ2) is 9.85. The molecule has 2 aliphatic rings. The number of carbonyl (C=O) groups excluding carboxylic acids is 2. The van der Waals surface area contributed by atoms with Crippen molar-refractivity contribution in [2.75, 3.05) is 37.6 Å². The lowest BCUT2D eigenvalue weighted by Crippen LogP contribution is -2.53. The summed E-state index contributed by atoms with van der Waals surface area (Å²) in [6.45, 7) is 8.01. The average Bonchev–Trinajstić information content (AvgIpc) is 3.24. The van der Waals surface area contributed by atoms with E-state index < -0.39 is 29.4 Å². The summed E-state index contributed by atoms with van der Waals surface area (Å²) in [6.07, 6.45) is 1.99. The number of alkyl halides is 1. The zero-order chi connectivity index (χ0) is 26.1. The van der Waals surface area contributed by atoms with Crippen LogP contribution in [0, 0.1) is 11.3 Å². The van der Waals surface area contributed by atoms with E-state index in [0.717, 1.165) is 11.1 Å². The number of rotatable bonds is 4. The molecule has 2 aromatic heterocycles. The molecule has 0 aromatic carbocycles. The van der Waals surface area contributed by atoms with Gasteiger partial charge in [-0.05, 0) is 39.8 Å². The number of fused-ring (bicyclic) bond motifs is 1. The number of hydrogen-bond acceptors (Lipinski definition) is 8. The number of nitrogens with one attached hydrogen (secondary N) is 1.